The van der Waals surface area contributed by atoms with Gasteiger partial charge in [-0.2, -0.15) is 0 Å². The van der Waals surface area contributed by atoms with E-state index in [1.165, 1.54) is 17.4 Å². The van der Waals surface area contributed by atoms with Gasteiger partial charge in [-0.1, -0.05) is 57.7 Å². The smallest absolute Gasteiger partial charge is 0.266 e. The number of carbonyl (C=O) groups is 1. The van der Waals surface area contributed by atoms with Crippen molar-refractivity contribution in [3.05, 3.63) is 50.4 Å². The monoisotopic (exact) mass is 493 g/mol. The van der Waals surface area contributed by atoms with Crippen LogP contribution in [0.5, 0.6) is 5.75 Å². The second-order valence-corrected chi connectivity index (χ2v) is 8.57. The summed E-state index contributed by atoms with van der Waals surface area (Å²) in [6, 6.07) is 8.22. The van der Waals surface area contributed by atoms with Gasteiger partial charge in [-0.15, -0.1) is 0 Å². The summed E-state index contributed by atoms with van der Waals surface area (Å²) in [7, 11) is 0. The second-order valence-electron chi connectivity index (χ2n) is 5.51. The predicted molar refractivity (Wildman–Crippen MR) is 121 cm³/mol. The molecule has 0 aliphatic rings. The van der Waals surface area contributed by atoms with Gasteiger partial charge in [-0.3, -0.25) is 10.1 Å². The molecule has 1 amide bonds. The number of hydrogen-bond acceptors (Lipinski definition) is 5. The molecule has 0 bridgehead atoms. The molecule has 0 saturated heterocycles. The number of nitrogens with one attached hydrogen (secondary N) is 2. The molecule has 1 heterocycles. The fourth-order valence-corrected chi connectivity index (χ4v) is 4.16. The minimum atomic E-state index is -0.845. The SMILES string of the molecule is CC(Oc1ccc(Cl)cc1Cl)C(=O)NC(=S)Nc1nc2c(Cl)c(Cl)ccc2s1. The van der Waals surface area contributed by atoms with Gasteiger partial charge < -0.3 is 10.1 Å². The molecule has 146 valence electrons. The van der Waals surface area contributed by atoms with Crippen molar-refractivity contribution in [3.63, 3.8) is 0 Å². The van der Waals surface area contributed by atoms with E-state index in [0.29, 0.717) is 36.5 Å². The topological polar surface area (TPSA) is 63.2 Å². The summed E-state index contributed by atoms with van der Waals surface area (Å²) >= 11 is 30.5. The molecule has 2 aromatic carbocycles. The second kappa shape index (κ2) is 8.98. The molecule has 11 heteroatoms. The number of thiazole rings is 1. The molecule has 3 aromatic rings. The molecule has 1 aromatic heterocycles. The molecule has 0 aliphatic heterocycles. The molecular formula is C17H11Cl4N3O2S2. The van der Waals surface area contributed by atoms with E-state index >= 15 is 0 Å². The van der Waals surface area contributed by atoms with Gasteiger partial charge in [0.1, 0.15) is 11.3 Å². The number of carbonyl (C=O) groups excluding carboxylic acids is 1. The number of benzene rings is 2. The minimum absolute atomic E-state index is 0.0731. The van der Waals surface area contributed by atoms with Crippen LogP contribution >= 0.6 is 70.0 Å². The Labute approximate surface area is 189 Å². The Morgan fingerprint density at radius 1 is 1.18 bits per heavy atom. The molecule has 2 N–H and O–H groups in total. The highest BCUT2D eigenvalue weighted by Gasteiger charge is 2.18. The van der Waals surface area contributed by atoms with Crippen LogP contribution in [0.1, 0.15) is 6.92 Å². The van der Waals surface area contributed by atoms with E-state index < -0.39 is 12.0 Å². The Kier molecular flexibility index (Phi) is 6.85. The third kappa shape index (κ3) is 4.97. The summed E-state index contributed by atoms with van der Waals surface area (Å²) in [5.41, 5.74) is 0.560. The number of hydrogen-bond donors (Lipinski definition) is 2. The third-order valence-electron chi connectivity index (χ3n) is 3.48. The van der Waals surface area contributed by atoms with Crippen LogP contribution in [0.3, 0.4) is 0 Å². The highest BCUT2D eigenvalue weighted by Crippen LogP contribution is 2.35. The van der Waals surface area contributed by atoms with Gasteiger partial charge in [-0.05, 0) is 49.5 Å². The lowest BCUT2D eigenvalue weighted by Gasteiger charge is -2.16. The highest BCUT2D eigenvalue weighted by molar-refractivity contribution is 7.80. The first-order valence-electron chi connectivity index (χ1n) is 7.72. The molecule has 28 heavy (non-hydrogen) atoms. The fraction of sp³-hybridized carbons (Fsp3) is 0.118. The number of anilines is 1. The average Bonchev–Trinajstić information content (AvgIpc) is 3.03. The Bertz CT molecular complexity index is 1070. The van der Waals surface area contributed by atoms with E-state index in [1.54, 1.807) is 31.2 Å². The summed E-state index contributed by atoms with van der Waals surface area (Å²) in [6.07, 6.45) is -0.845. The van der Waals surface area contributed by atoms with Gasteiger partial charge >= 0.3 is 0 Å². The van der Waals surface area contributed by atoms with Crippen LogP contribution in [0.15, 0.2) is 30.3 Å². The maximum atomic E-state index is 12.3. The number of aromatic nitrogens is 1. The van der Waals surface area contributed by atoms with Crippen LogP contribution in [0.2, 0.25) is 20.1 Å². The molecular weight excluding hydrogens is 484 g/mol. The van der Waals surface area contributed by atoms with Crippen molar-refractivity contribution >= 4 is 96.3 Å². The molecule has 5 nitrogen and oxygen atoms in total. The number of amides is 1. The third-order valence-corrected chi connectivity index (χ3v) is 5.94. The molecule has 1 atom stereocenters. The van der Waals surface area contributed by atoms with Crippen LogP contribution in [0, 0.1) is 0 Å². The van der Waals surface area contributed by atoms with E-state index in [0.717, 1.165) is 4.70 Å². The lowest BCUT2D eigenvalue weighted by molar-refractivity contribution is -0.125. The van der Waals surface area contributed by atoms with Gasteiger partial charge in [0.2, 0.25) is 0 Å². The van der Waals surface area contributed by atoms with Crippen molar-refractivity contribution in [2.24, 2.45) is 0 Å². The van der Waals surface area contributed by atoms with Crippen LogP contribution in [-0.2, 0) is 4.79 Å². The van der Waals surface area contributed by atoms with Gasteiger partial charge in [0.15, 0.2) is 16.3 Å². The Hall–Kier alpha value is -1.35. The van der Waals surface area contributed by atoms with E-state index in [-0.39, 0.29) is 5.11 Å². The normalized spacial score (nSPS) is 11.9. The van der Waals surface area contributed by atoms with Crippen LogP contribution in [0.4, 0.5) is 5.13 Å². The fourth-order valence-electron chi connectivity index (χ4n) is 2.15. The van der Waals surface area contributed by atoms with Crippen molar-refractivity contribution in [2.45, 2.75) is 13.0 Å². The summed E-state index contributed by atoms with van der Waals surface area (Å²) in [5, 5.41) is 7.49. The number of halogens is 4. The first-order chi connectivity index (χ1) is 13.2. The van der Waals surface area contributed by atoms with Crippen LogP contribution < -0.4 is 15.4 Å². The molecule has 0 saturated carbocycles. The summed E-state index contributed by atoms with van der Waals surface area (Å²) in [6.45, 7) is 1.57. The van der Waals surface area contributed by atoms with Crippen molar-refractivity contribution < 1.29 is 9.53 Å². The zero-order chi connectivity index (χ0) is 20.4. The summed E-state index contributed by atoms with van der Waals surface area (Å²) in [5.74, 6) is -0.115. The number of ether oxygens (including phenoxy) is 1. The Morgan fingerprint density at radius 3 is 2.64 bits per heavy atom. The van der Waals surface area contributed by atoms with Crippen molar-refractivity contribution in [3.8, 4) is 5.75 Å². The predicted octanol–water partition coefficient (Wildman–Crippen LogP) is 6.19. The number of rotatable bonds is 4. The number of thiocarbonyl (C=S) groups is 1. The van der Waals surface area contributed by atoms with E-state index in [9.17, 15) is 4.79 Å². The highest BCUT2D eigenvalue weighted by atomic mass is 35.5. The van der Waals surface area contributed by atoms with E-state index in [2.05, 4.69) is 15.6 Å². The molecule has 0 fully saturated rings. The Balaban J connectivity index is 1.62. The van der Waals surface area contributed by atoms with E-state index in [1.807, 2.05) is 0 Å². The van der Waals surface area contributed by atoms with Crippen molar-refractivity contribution in [1.82, 2.24) is 10.3 Å². The van der Waals surface area contributed by atoms with Gasteiger partial charge in [-0.25, -0.2) is 4.98 Å². The minimum Gasteiger partial charge on any atom is -0.479 e. The van der Waals surface area contributed by atoms with Crippen molar-refractivity contribution in [2.75, 3.05) is 5.32 Å². The maximum Gasteiger partial charge on any atom is 0.266 e. The van der Waals surface area contributed by atoms with E-state index in [4.69, 9.17) is 63.4 Å². The first-order valence-corrected chi connectivity index (χ1v) is 10.5. The first kappa shape index (κ1) is 21.4. The zero-order valence-electron chi connectivity index (χ0n) is 14.1. The van der Waals surface area contributed by atoms with Crippen molar-refractivity contribution in [1.29, 1.82) is 0 Å². The largest absolute Gasteiger partial charge is 0.479 e. The van der Waals surface area contributed by atoms with Crippen LogP contribution in [0.25, 0.3) is 10.2 Å². The maximum absolute atomic E-state index is 12.3. The molecule has 0 spiro atoms. The standard InChI is InChI=1S/C17H11Cl4N3O2S2/c1-7(26-11-4-2-8(18)6-10(11)20)15(25)23-16(27)24-17-22-14-12(28-17)5-3-9(19)13(14)21/h2-7H,1H3,(H2,22,23,24,25,27). The summed E-state index contributed by atoms with van der Waals surface area (Å²) in [4.78, 5) is 16.7. The quantitative estimate of drug-likeness (QED) is 0.423. The average molecular weight is 495 g/mol. The van der Waals surface area contributed by atoms with Crippen LogP contribution in [-0.4, -0.2) is 22.1 Å². The lowest BCUT2D eigenvalue weighted by Crippen LogP contribution is -2.42. The lowest BCUT2D eigenvalue weighted by atomic mass is 10.3. The summed E-state index contributed by atoms with van der Waals surface area (Å²) < 4.78 is 6.39. The van der Waals surface area contributed by atoms with Gasteiger partial charge in [0.05, 0.1) is 19.8 Å². The molecule has 0 aliphatic carbocycles. The Morgan fingerprint density at radius 2 is 1.93 bits per heavy atom. The molecule has 3 rings (SSSR count). The molecule has 0 radical (unpaired) electrons. The van der Waals surface area contributed by atoms with Gasteiger partial charge in [0, 0.05) is 5.02 Å². The molecule has 1 unspecified atom stereocenters. The number of fused-ring (bicyclic) bond motifs is 1. The zero-order valence-corrected chi connectivity index (χ0v) is 18.7. The number of nitrogens with zero attached hydrogens (tertiary/aromatic N) is 1. The van der Waals surface area contributed by atoms with Gasteiger partial charge in [0.25, 0.3) is 5.91 Å².